The Balaban J connectivity index is 1.47. The first-order chi connectivity index (χ1) is 11.1. The number of hydrogen-bond acceptors (Lipinski definition) is 2. The van der Waals surface area contributed by atoms with Crippen LogP contribution in [0.25, 0.3) is 5.52 Å². The van der Waals surface area contributed by atoms with Gasteiger partial charge >= 0.3 is 0 Å². The molecule has 2 heterocycles. The summed E-state index contributed by atoms with van der Waals surface area (Å²) in [6.07, 6.45) is 9.54. The summed E-state index contributed by atoms with van der Waals surface area (Å²) in [6, 6.07) is 5.86. The second-order valence-electron chi connectivity index (χ2n) is 7.83. The van der Waals surface area contributed by atoms with E-state index in [-0.39, 0.29) is 11.4 Å². The van der Waals surface area contributed by atoms with Gasteiger partial charge in [-0.25, -0.2) is 4.98 Å². The summed E-state index contributed by atoms with van der Waals surface area (Å²) in [6.45, 7) is 0. The van der Waals surface area contributed by atoms with Gasteiger partial charge in [0.2, 0.25) is 5.82 Å². The molecule has 0 spiro atoms. The zero-order valence-electron chi connectivity index (χ0n) is 13.0. The normalized spacial score (nSPS) is 34.9. The molecular weight excluding hydrogens is 354 g/mol. The van der Waals surface area contributed by atoms with E-state index in [0.717, 1.165) is 47.1 Å². The van der Waals surface area contributed by atoms with Crippen molar-refractivity contribution in [2.24, 2.45) is 17.8 Å². The smallest absolute Gasteiger partial charge is 0.288 e. The Kier molecular flexibility index (Phi) is 2.94. The number of carbonyl (C=O) groups is 1. The molecule has 0 saturated heterocycles. The molecule has 23 heavy (non-hydrogen) atoms. The maximum Gasteiger partial charge on any atom is 0.288 e. The maximum atomic E-state index is 12.9. The molecule has 5 heteroatoms. The minimum Gasteiger partial charge on any atom is -0.344 e. The number of nitrogens with one attached hydrogen (secondary N) is 1. The molecule has 0 aliphatic heterocycles. The molecule has 0 radical (unpaired) electrons. The lowest BCUT2D eigenvalue weighted by molar-refractivity contribution is -0.0168. The van der Waals surface area contributed by atoms with Gasteiger partial charge in [-0.05, 0) is 84.3 Å². The Hall–Kier alpha value is -1.36. The van der Waals surface area contributed by atoms with Crippen LogP contribution in [0, 0.1) is 17.8 Å². The first-order valence-electron chi connectivity index (χ1n) is 8.57. The summed E-state index contributed by atoms with van der Waals surface area (Å²) in [5.41, 5.74) is 0.960. The largest absolute Gasteiger partial charge is 0.344 e. The Morgan fingerprint density at radius 1 is 1.17 bits per heavy atom. The fourth-order valence-electron chi connectivity index (χ4n) is 5.72. The first kappa shape index (κ1) is 14.0. The molecule has 0 atom stereocenters. The molecule has 6 rings (SSSR count). The van der Waals surface area contributed by atoms with Crippen LogP contribution in [-0.2, 0) is 0 Å². The molecule has 2 aromatic heterocycles. The number of rotatable bonds is 2. The SMILES string of the molecule is O=C(NC12CC3CC(CC(C3)C1)C2)c1nc(Br)c2ccccn12. The average molecular weight is 374 g/mol. The van der Waals surface area contributed by atoms with Crippen molar-refractivity contribution >= 4 is 27.4 Å². The van der Waals surface area contributed by atoms with Crippen molar-refractivity contribution in [2.75, 3.05) is 0 Å². The highest BCUT2D eigenvalue weighted by atomic mass is 79.9. The van der Waals surface area contributed by atoms with Crippen molar-refractivity contribution < 1.29 is 4.79 Å². The van der Waals surface area contributed by atoms with E-state index in [2.05, 4.69) is 26.2 Å². The van der Waals surface area contributed by atoms with Crippen LogP contribution in [0.5, 0.6) is 0 Å². The summed E-state index contributed by atoms with van der Waals surface area (Å²) in [4.78, 5) is 17.4. The van der Waals surface area contributed by atoms with Crippen molar-refractivity contribution in [1.29, 1.82) is 0 Å². The second kappa shape index (κ2) is 4.82. The second-order valence-corrected chi connectivity index (χ2v) is 8.59. The number of nitrogens with zero attached hydrogens (tertiary/aromatic N) is 2. The molecule has 4 nitrogen and oxygen atoms in total. The van der Waals surface area contributed by atoms with E-state index in [0.29, 0.717) is 5.82 Å². The van der Waals surface area contributed by atoms with Crippen molar-refractivity contribution in [3.05, 3.63) is 34.8 Å². The van der Waals surface area contributed by atoms with E-state index in [1.165, 1.54) is 19.3 Å². The number of aromatic nitrogens is 2. The van der Waals surface area contributed by atoms with Gasteiger partial charge in [0.1, 0.15) is 4.60 Å². The minimum absolute atomic E-state index is 0.0267. The van der Waals surface area contributed by atoms with Crippen LogP contribution in [0.4, 0.5) is 0 Å². The van der Waals surface area contributed by atoms with Gasteiger partial charge in [-0.15, -0.1) is 0 Å². The monoisotopic (exact) mass is 373 g/mol. The van der Waals surface area contributed by atoms with Gasteiger partial charge in [0.05, 0.1) is 5.52 Å². The lowest BCUT2D eigenvalue weighted by Crippen LogP contribution is -2.60. The van der Waals surface area contributed by atoms with Gasteiger partial charge in [0.25, 0.3) is 5.91 Å². The highest BCUT2D eigenvalue weighted by molar-refractivity contribution is 9.10. The molecule has 1 N–H and O–H groups in total. The van der Waals surface area contributed by atoms with Crippen LogP contribution >= 0.6 is 15.9 Å². The molecule has 4 aliphatic carbocycles. The van der Waals surface area contributed by atoms with Crippen LogP contribution in [0.15, 0.2) is 29.0 Å². The zero-order valence-corrected chi connectivity index (χ0v) is 14.6. The average Bonchev–Trinajstić information content (AvgIpc) is 2.83. The van der Waals surface area contributed by atoms with Gasteiger partial charge in [-0.2, -0.15) is 0 Å². The molecular formula is C18H20BrN3O. The van der Waals surface area contributed by atoms with Gasteiger partial charge < -0.3 is 5.32 Å². The van der Waals surface area contributed by atoms with Gasteiger partial charge in [-0.3, -0.25) is 9.20 Å². The van der Waals surface area contributed by atoms with Crippen LogP contribution in [0.2, 0.25) is 0 Å². The van der Waals surface area contributed by atoms with E-state index < -0.39 is 0 Å². The lowest BCUT2D eigenvalue weighted by atomic mass is 9.53. The third-order valence-electron chi connectivity index (χ3n) is 6.12. The van der Waals surface area contributed by atoms with Gasteiger partial charge in [-0.1, -0.05) is 6.07 Å². The molecule has 120 valence electrons. The summed E-state index contributed by atoms with van der Waals surface area (Å²) in [7, 11) is 0. The van der Waals surface area contributed by atoms with Crippen LogP contribution in [0.1, 0.15) is 49.1 Å². The standard InChI is InChI=1S/C18H20BrN3O/c19-15-14-3-1-2-4-22(14)16(20-15)17(23)21-18-8-11-5-12(9-18)7-13(6-11)10-18/h1-4,11-13H,5-10H2,(H,21,23). The number of pyridine rings is 1. The highest BCUT2D eigenvalue weighted by Crippen LogP contribution is 2.55. The topological polar surface area (TPSA) is 46.4 Å². The summed E-state index contributed by atoms with van der Waals surface area (Å²) in [5.74, 6) is 2.93. The fourth-order valence-corrected chi connectivity index (χ4v) is 6.21. The molecule has 4 bridgehead atoms. The van der Waals surface area contributed by atoms with Crippen LogP contribution < -0.4 is 5.32 Å². The van der Waals surface area contributed by atoms with E-state index in [9.17, 15) is 4.79 Å². The molecule has 0 unspecified atom stereocenters. The lowest BCUT2D eigenvalue weighted by Gasteiger charge is -2.56. The third-order valence-corrected chi connectivity index (χ3v) is 6.71. The number of fused-ring (bicyclic) bond motifs is 1. The van der Waals surface area contributed by atoms with E-state index in [4.69, 9.17) is 0 Å². The molecule has 0 aromatic carbocycles. The number of halogens is 1. The molecule has 4 fully saturated rings. The predicted molar refractivity (Wildman–Crippen MR) is 91.3 cm³/mol. The maximum absolute atomic E-state index is 12.9. The van der Waals surface area contributed by atoms with Crippen LogP contribution in [-0.4, -0.2) is 20.8 Å². The summed E-state index contributed by atoms with van der Waals surface area (Å²) in [5, 5.41) is 3.40. The predicted octanol–water partition coefficient (Wildman–Crippen LogP) is 3.80. The zero-order chi connectivity index (χ0) is 15.6. The number of carbonyl (C=O) groups excluding carboxylic acids is 1. The Labute approximate surface area is 143 Å². The fraction of sp³-hybridized carbons (Fsp3) is 0.556. The molecule has 4 aliphatic rings. The van der Waals surface area contributed by atoms with Gasteiger partial charge in [0.15, 0.2) is 0 Å². The van der Waals surface area contributed by atoms with Crippen molar-refractivity contribution in [2.45, 2.75) is 44.1 Å². The number of amides is 1. The quantitative estimate of drug-likeness (QED) is 0.869. The Morgan fingerprint density at radius 2 is 1.83 bits per heavy atom. The van der Waals surface area contributed by atoms with Crippen molar-refractivity contribution in [3.63, 3.8) is 0 Å². The highest BCUT2D eigenvalue weighted by Gasteiger charge is 2.51. The van der Waals surface area contributed by atoms with E-state index in [1.807, 2.05) is 28.8 Å². The Morgan fingerprint density at radius 3 is 2.48 bits per heavy atom. The Bertz CT molecular complexity index is 761. The summed E-state index contributed by atoms with van der Waals surface area (Å²) < 4.78 is 2.61. The molecule has 2 aromatic rings. The number of hydrogen-bond donors (Lipinski definition) is 1. The van der Waals surface area contributed by atoms with E-state index >= 15 is 0 Å². The van der Waals surface area contributed by atoms with Crippen molar-refractivity contribution in [1.82, 2.24) is 14.7 Å². The van der Waals surface area contributed by atoms with Gasteiger partial charge in [0, 0.05) is 11.7 Å². The molecule has 4 saturated carbocycles. The van der Waals surface area contributed by atoms with Crippen molar-refractivity contribution in [3.8, 4) is 0 Å². The summed E-state index contributed by atoms with van der Waals surface area (Å²) >= 11 is 3.47. The third kappa shape index (κ3) is 2.16. The van der Waals surface area contributed by atoms with Crippen LogP contribution in [0.3, 0.4) is 0 Å². The minimum atomic E-state index is -0.0288. The molecule has 1 amide bonds. The first-order valence-corrected chi connectivity index (χ1v) is 9.36. The number of imidazole rings is 1. The van der Waals surface area contributed by atoms with E-state index in [1.54, 1.807) is 0 Å².